The van der Waals surface area contributed by atoms with Crippen molar-refractivity contribution in [3.8, 4) is 5.69 Å². The Balaban J connectivity index is 1.59. The van der Waals surface area contributed by atoms with E-state index >= 15 is 0 Å². The van der Waals surface area contributed by atoms with Crippen LogP contribution in [0.25, 0.3) is 5.69 Å². The van der Waals surface area contributed by atoms with E-state index in [1.807, 2.05) is 36.5 Å². The normalized spacial score (nSPS) is 16.8. The van der Waals surface area contributed by atoms with Gasteiger partial charge in [0, 0.05) is 38.4 Å². The van der Waals surface area contributed by atoms with Gasteiger partial charge in [0.15, 0.2) is 0 Å². The Morgan fingerprint density at radius 3 is 2.81 bits per heavy atom. The number of carbonyl (C=O) groups excluding carboxylic acids is 2. The van der Waals surface area contributed by atoms with E-state index < -0.39 is 0 Å². The first-order valence-corrected chi connectivity index (χ1v) is 9.34. The molecule has 7 nitrogen and oxygen atoms in total. The topological polar surface area (TPSA) is 67.7 Å². The zero-order valence-electron chi connectivity index (χ0n) is 15.9. The summed E-state index contributed by atoms with van der Waals surface area (Å²) in [6.45, 7) is 3.69. The van der Waals surface area contributed by atoms with Crippen molar-refractivity contribution >= 4 is 12.0 Å². The number of nitrogens with zero attached hydrogens (tertiary/aromatic N) is 4. The predicted molar refractivity (Wildman–Crippen MR) is 101 cm³/mol. The lowest BCUT2D eigenvalue weighted by Crippen LogP contribution is -2.45. The average Bonchev–Trinajstić information content (AvgIpc) is 3.17. The first-order chi connectivity index (χ1) is 13.1. The molecular formula is C20H26N4O3. The fourth-order valence-electron chi connectivity index (χ4n) is 3.39. The minimum absolute atomic E-state index is 0.0523. The first kappa shape index (κ1) is 18.9. The molecule has 7 heteroatoms. The van der Waals surface area contributed by atoms with Crippen molar-refractivity contribution in [3.05, 3.63) is 48.3 Å². The zero-order chi connectivity index (χ0) is 19.2. The van der Waals surface area contributed by atoms with Crippen LogP contribution in [0.4, 0.5) is 4.79 Å². The molecule has 1 fully saturated rings. The summed E-state index contributed by atoms with van der Waals surface area (Å²) in [7, 11) is 1.80. The van der Waals surface area contributed by atoms with Crippen molar-refractivity contribution in [2.45, 2.75) is 26.3 Å². The zero-order valence-corrected chi connectivity index (χ0v) is 15.9. The number of likely N-dealkylation sites (tertiary alicyclic amines) is 1. The first-order valence-electron chi connectivity index (χ1n) is 9.34. The van der Waals surface area contributed by atoms with Crippen LogP contribution in [0, 0.1) is 5.92 Å². The molecular weight excluding hydrogens is 344 g/mol. The standard InChI is InChI=1S/C20H26N4O3/c1-3-27-20(26)23-11-7-8-17(15-23)19(25)22(2)13-16-12-21-24(14-16)18-9-5-4-6-10-18/h4-6,9-10,12,14,17H,3,7-8,11,13,15H2,1-2H3. The molecule has 1 aromatic carbocycles. The second kappa shape index (κ2) is 8.70. The van der Waals surface area contributed by atoms with Crippen LogP contribution >= 0.6 is 0 Å². The quantitative estimate of drug-likeness (QED) is 0.812. The number of aromatic nitrogens is 2. The summed E-state index contributed by atoms with van der Waals surface area (Å²) in [5.74, 6) is -0.131. The van der Waals surface area contributed by atoms with Gasteiger partial charge in [0.2, 0.25) is 5.91 Å². The molecule has 2 heterocycles. The minimum atomic E-state index is -0.332. The van der Waals surface area contributed by atoms with E-state index in [4.69, 9.17) is 4.74 Å². The highest BCUT2D eigenvalue weighted by Gasteiger charge is 2.30. The molecule has 144 valence electrons. The van der Waals surface area contributed by atoms with E-state index in [2.05, 4.69) is 5.10 Å². The highest BCUT2D eigenvalue weighted by atomic mass is 16.6. The molecule has 1 saturated heterocycles. The third kappa shape index (κ3) is 4.67. The summed E-state index contributed by atoms with van der Waals surface area (Å²) in [4.78, 5) is 28.1. The van der Waals surface area contributed by atoms with E-state index in [0.29, 0.717) is 26.2 Å². The third-order valence-corrected chi connectivity index (χ3v) is 4.75. The third-order valence-electron chi connectivity index (χ3n) is 4.75. The highest BCUT2D eigenvalue weighted by molar-refractivity contribution is 5.80. The van der Waals surface area contributed by atoms with E-state index in [-0.39, 0.29) is 17.9 Å². The molecule has 2 amide bonds. The second-order valence-corrected chi connectivity index (χ2v) is 6.81. The van der Waals surface area contributed by atoms with E-state index in [1.165, 1.54) is 0 Å². The largest absolute Gasteiger partial charge is 0.450 e. The van der Waals surface area contributed by atoms with Crippen LogP contribution in [-0.2, 0) is 16.1 Å². The Bertz CT molecular complexity index is 775. The SMILES string of the molecule is CCOC(=O)N1CCCC(C(=O)N(C)Cc2cnn(-c3ccccc3)c2)C1. The fourth-order valence-corrected chi connectivity index (χ4v) is 3.39. The minimum Gasteiger partial charge on any atom is -0.450 e. The van der Waals surface area contributed by atoms with Gasteiger partial charge in [-0.05, 0) is 31.9 Å². The molecule has 1 aliphatic heterocycles. The summed E-state index contributed by atoms with van der Waals surface area (Å²) >= 11 is 0. The molecule has 0 saturated carbocycles. The molecule has 1 unspecified atom stereocenters. The molecule has 1 atom stereocenters. The van der Waals surface area contributed by atoms with Crippen LogP contribution in [0.3, 0.4) is 0 Å². The smallest absolute Gasteiger partial charge is 0.409 e. The Morgan fingerprint density at radius 2 is 2.07 bits per heavy atom. The number of carbonyl (C=O) groups is 2. The lowest BCUT2D eigenvalue weighted by Gasteiger charge is -2.33. The van der Waals surface area contributed by atoms with Gasteiger partial charge in [0.25, 0.3) is 0 Å². The Morgan fingerprint density at radius 1 is 1.30 bits per heavy atom. The molecule has 1 aromatic heterocycles. The van der Waals surface area contributed by atoms with Gasteiger partial charge in [0.1, 0.15) is 0 Å². The maximum atomic E-state index is 12.8. The summed E-state index contributed by atoms with van der Waals surface area (Å²) in [5, 5.41) is 4.38. The van der Waals surface area contributed by atoms with E-state index in [1.54, 1.807) is 34.6 Å². The molecule has 1 aliphatic rings. The van der Waals surface area contributed by atoms with Gasteiger partial charge >= 0.3 is 6.09 Å². The Labute approximate surface area is 159 Å². The Hall–Kier alpha value is -2.83. The lowest BCUT2D eigenvalue weighted by atomic mass is 9.97. The van der Waals surface area contributed by atoms with E-state index in [0.717, 1.165) is 24.1 Å². The molecule has 0 aliphatic carbocycles. The van der Waals surface area contributed by atoms with Crippen molar-refractivity contribution < 1.29 is 14.3 Å². The number of hydrogen-bond acceptors (Lipinski definition) is 4. The van der Waals surface area contributed by atoms with E-state index in [9.17, 15) is 9.59 Å². The maximum Gasteiger partial charge on any atom is 0.409 e. The van der Waals surface area contributed by atoms with Gasteiger partial charge in [-0.25, -0.2) is 9.48 Å². The monoisotopic (exact) mass is 370 g/mol. The van der Waals surface area contributed by atoms with Crippen molar-refractivity contribution in [1.82, 2.24) is 19.6 Å². The van der Waals surface area contributed by atoms with Crippen molar-refractivity contribution in [3.63, 3.8) is 0 Å². The summed E-state index contributed by atoms with van der Waals surface area (Å²) in [5.41, 5.74) is 1.95. The van der Waals surface area contributed by atoms with Crippen LogP contribution in [0.5, 0.6) is 0 Å². The van der Waals surface area contributed by atoms with Gasteiger partial charge < -0.3 is 14.5 Å². The lowest BCUT2D eigenvalue weighted by molar-refractivity contribution is -0.136. The number of rotatable bonds is 5. The van der Waals surface area contributed by atoms with Crippen LogP contribution in [0.15, 0.2) is 42.7 Å². The molecule has 0 bridgehead atoms. The van der Waals surface area contributed by atoms with Gasteiger partial charge in [-0.1, -0.05) is 18.2 Å². The highest BCUT2D eigenvalue weighted by Crippen LogP contribution is 2.20. The molecule has 0 N–H and O–H groups in total. The number of piperidine rings is 1. The molecule has 0 radical (unpaired) electrons. The predicted octanol–water partition coefficient (Wildman–Crippen LogP) is 2.70. The van der Waals surface area contributed by atoms with Crippen LogP contribution in [0.2, 0.25) is 0 Å². The summed E-state index contributed by atoms with van der Waals surface area (Å²) < 4.78 is 6.86. The maximum absolute atomic E-state index is 12.8. The number of para-hydroxylation sites is 1. The van der Waals surface area contributed by atoms with Crippen LogP contribution in [0.1, 0.15) is 25.3 Å². The summed E-state index contributed by atoms with van der Waals surface area (Å²) in [6, 6.07) is 9.86. The number of amides is 2. The van der Waals surface area contributed by atoms with Gasteiger partial charge in [0.05, 0.1) is 24.4 Å². The van der Waals surface area contributed by atoms with Gasteiger partial charge in [-0.2, -0.15) is 5.10 Å². The van der Waals surface area contributed by atoms with Gasteiger partial charge in [-0.3, -0.25) is 4.79 Å². The van der Waals surface area contributed by atoms with Gasteiger partial charge in [-0.15, -0.1) is 0 Å². The second-order valence-electron chi connectivity index (χ2n) is 6.81. The number of ether oxygens (including phenoxy) is 1. The van der Waals surface area contributed by atoms with Crippen molar-refractivity contribution in [2.24, 2.45) is 5.92 Å². The number of benzene rings is 1. The number of hydrogen-bond donors (Lipinski definition) is 0. The molecule has 0 spiro atoms. The Kier molecular flexibility index (Phi) is 6.11. The van der Waals surface area contributed by atoms with Crippen molar-refractivity contribution in [1.29, 1.82) is 0 Å². The molecule has 3 rings (SSSR count). The molecule has 27 heavy (non-hydrogen) atoms. The molecule has 2 aromatic rings. The van der Waals surface area contributed by atoms with Crippen molar-refractivity contribution in [2.75, 3.05) is 26.7 Å². The van der Waals surface area contributed by atoms with Crippen LogP contribution < -0.4 is 0 Å². The summed E-state index contributed by atoms with van der Waals surface area (Å²) in [6.07, 6.45) is 4.99. The van der Waals surface area contributed by atoms with Crippen LogP contribution in [-0.4, -0.2) is 58.3 Å². The average molecular weight is 370 g/mol. The fraction of sp³-hybridized carbons (Fsp3) is 0.450.